The molecule has 4 nitrogen and oxygen atoms in total. The van der Waals surface area contributed by atoms with Gasteiger partial charge in [-0.2, -0.15) is 0 Å². The van der Waals surface area contributed by atoms with Gasteiger partial charge in [-0.05, 0) is 23.3 Å². The first-order valence-corrected chi connectivity index (χ1v) is 8.68. The summed E-state index contributed by atoms with van der Waals surface area (Å²) in [6, 6.07) is 22.4. The van der Waals surface area contributed by atoms with Gasteiger partial charge in [0.1, 0.15) is 0 Å². The van der Waals surface area contributed by atoms with E-state index in [9.17, 15) is 4.79 Å². The average molecular weight is 341 g/mol. The largest absolute Gasteiger partial charge is 0.323 e. The lowest BCUT2D eigenvalue weighted by atomic mass is 10.0. The summed E-state index contributed by atoms with van der Waals surface area (Å²) in [5.74, 6) is -0.0186. The molecule has 0 aliphatic rings. The van der Waals surface area contributed by atoms with Crippen molar-refractivity contribution in [2.24, 2.45) is 0 Å². The molecule has 26 heavy (non-hydrogen) atoms. The number of amides is 1. The maximum absolute atomic E-state index is 11.7. The van der Waals surface area contributed by atoms with E-state index in [1.165, 1.54) is 11.1 Å². The van der Waals surface area contributed by atoms with E-state index < -0.39 is 0 Å². The minimum absolute atomic E-state index is 0.0186. The smallest absolute Gasteiger partial charge is 0.224 e. The second-order valence-electron chi connectivity index (χ2n) is 6.12. The highest BCUT2D eigenvalue weighted by Crippen LogP contribution is 2.26. The van der Waals surface area contributed by atoms with Crippen molar-refractivity contribution in [3.05, 3.63) is 79.1 Å². The van der Waals surface area contributed by atoms with Crippen LogP contribution in [0.25, 0.3) is 28.0 Å². The summed E-state index contributed by atoms with van der Waals surface area (Å²) in [5.41, 5.74) is 5.76. The third-order valence-corrected chi connectivity index (χ3v) is 4.37. The first-order valence-electron chi connectivity index (χ1n) is 8.68. The van der Waals surface area contributed by atoms with Crippen LogP contribution >= 0.6 is 0 Å². The summed E-state index contributed by atoms with van der Waals surface area (Å²) in [6.45, 7) is 1.83. The van der Waals surface area contributed by atoms with Crippen molar-refractivity contribution in [2.75, 3.05) is 5.32 Å². The van der Waals surface area contributed by atoms with Crippen LogP contribution in [0.3, 0.4) is 0 Å². The Hall–Kier alpha value is -3.40. The van der Waals surface area contributed by atoms with Gasteiger partial charge in [0.2, 0.25) is 5.91 Å². The van der Waals surface area contributed by atoms with Gasteiger partial charge < -0.3 is 9.72 Å². The Kier molecular flexibility index (Phi) is 4.23. The fourth-order valence-electron chi connectivity index (χ4n) is 2.95. The van der Waals surface area contributed by atoms with E-state index in [1.807, 2.05) is 54.0 Å². The van der Waals surface area contributed by atoms with Crippen molar-refractivity contribution in [2.45, 2.75) is 13.3 Å². The van der Waals surface area contributed by atoms with Gasteiger partial charge in [0.25, 0.3) is 0 Å². The molecule has 4 heteroatoms. The van der Waals surface area contributed by atoms with Crippen LogP contribution in [-0.2, 0) is 4.79 Å². The van der Waals surface area contributed by atoms with Crippen molar-refractivity contribution >= 4 is 17.2 Å². The predicted octanol–water partition coefficient (Wildman–Crippen LogP) is 5.02. The summed E-state index contributed by atoms with van der Waals surface area (Å²) in [4.78, 5) is 16.4. The number of carbonyl (C=O) groups excluding carboxylic acids is 1. The fraction of sp³-hybridized carbons (Fsp3) is 0.0909. The lowest BCUT2D eigenvalue weighted by molar-refractivity contribution is -0.115. The van der Waals surface area contributed by atoms with Crippen molar-refractivity contribution < 1.29 is 4.79 Å². The predicted molar refractivity (Wildman–Crippen MR) is 105 cm³/mol. The number of imidazole rings is 1. The van der Waals surface area contributed by atoms with E-state index in [0.29, 0.717) is 6.42 Å². The third kappa shape index (κ3) is 3.09. The molecule has 0 fully saturated rings. The molecule has 0 spiro atoms. The number of anilines is 1. The molecule has 4 rings (SSSR count). The Morgan fingerprint density at radius 1 is 0.923 bits per heavy atom. The Morgan fingerprint density at radius 3 is 2.35 bits per heavy atom. The monoisotopic (exact) mass is 341 g/mol. The number of hydrogen-bond donors (Lipinski definition) is 1. The Morgan fingerprint density at radius 2 is 1.62 bits per heavy atom. The molecule has 0 radical (unpaired) electrons. The molecule has 0 bridgehead atoms. The van der Waals surface area contributed by atoms with Crippen LogP contribution in [0.15, 0.2) is 79.1 Å². The number of nitrogens with zero attached hydrogens (tertiary/aromatic N) is 2. The summed E-state index contributed by atoms with van der Waals surface area (Å²) in [5, 5.41) is 2.91. The molecule has 2 aromatic heterocycles. The molecule has 0 saturated carbocycles. The molecule has 0 saturated heterocycles. The summed E-state index contributed by atoms with van der Waals surface area (Å²) >= 11 is 0. The van der Waals surface area contributed by atoms with E-state index in [0.717, 1.165) is 22.6 Å². The topological polar surface area (TPSA) is 46.4 Å². The van der Waals surface area contributed by atoms with Gasteiger partial charge in [-0.25, -0.2) is 4.98 Å². The Bertz CT molecular complexity index is 1050. The lowest BCUT2D eigenvalue weighted by Crippen LogP contribution is -2.10. The first-order chi connectivity index (χ1) is 12.7. The molecule has 2 heterocycles. The van der Waals surface area contributed by atoms with Crippen LogP contribution in [0.1, 0.15) is 13.3 Å². The Balaban J connectivity index is 1.69. The average Bonchev–Trinajstić information content (AvgIpc) is 3.14. The summed E-state index contributed by atoms with van der Waals surface area (Å²) in [6.07, 6.45) is 4.36. The van der Waals surface area contributed by atoms with Crippen LogP contribution in [-0.4, -0.2) is 15.3 Å². The third-order valence-electron chi connectivity index (χ3n) is 4.37. The van der Waals surface area contributed by atoms with Gasteiger partial charge in [-0.15, -0.1) is 0 Å². The fourth-order valence-corrected chi connectivity index (χ4v) is 2.95. The van der Waals surface area contributed by atoms with Crippen LogP contribution in [0.2, 0.25) is 0 Å². The van der Waals surface area contributed by atoms with Gasteiger partial charge in [-0.1, -0.05) is 61.5 Å². The number of rotatable bonds is 4. The zero-order valence-electron chi connectivity index (χ0n) is 14.5. The van der Waals surface area contributed by atoms with E-state index in [1.54, 1.807) is 0 Å². The number of pyridine rings is 1. The molecule has 2 aromatic carbocycles. The van der Waals surface area contributed by atoms with E-state index >= 15 is 0 Å². The van der Waals surface area contributed by atoms with Crippen molar-refractivity contribution in [1.82, 2.24) is 9.38 Å². The van der Waals surface area contributed by atoms with Gasteiger partial charge in [-0.3, -0.25) is 4.79 Å². The summed E-state index contributed by atoms with van der Waals surface area (Å²) < 4.78 is 1.94. The molecule has 4 aromatic rings. The second kappa shape index (κ2) is 6.84. The Labute approximate surface area is 152 Å². The zero-order valence-corrected chi connectivity index (χ0v) is 14.5. The van der Waals surface area contributed by atoms with Crippen LogP contribution in [0.4, 0.5) is 5.69 Å². The minimum Gasteiger partial charge on any atom is -0.323 e. The van der Waals surface area contributed by atoms with Gasteiger partial charge in [0.05, 0.1) is 11.4 Å². The molecular formula is C22H19N3O. The molecule has 1 amide bonds. The lowest BCUT2D eigenvalue weighted by Gasteiger charge is -2.04. The number of hydrogen-bond acceptors (Lipinski definition) is 2. The molecule has 0 aliphatic carbocycles. The highest BCUT2D eigenvalue weighted by Gasteiger charge is 2.10. The number of carbonyl (C=O) groups is 1. The maximum Gasteiger partial charge on any atom is 0.224 e. The molecule has 0 atom stereocenters. The van der Waals surface area contributed by atoms with Crippen molar-refractivity contribution in [3.8, 4) is 22.4 Å². The molecule has 128 valence electrons. The highest BCUT2D eigenvalue weighted by atomic mass is 16.1. The molecular weight excluding hydrogens is 322 g/mol. The SMILES string of the molecule is CCC(=O)Nc1cccn2cc(-c3ccc(-c4ccccc4)cc3)nc12. The standard InChI is InChI=1S/C22H19N3O/c1-2-21(26)23-19-9-6-14-25-15-20(24-22(19)25)18-12-10-17(11-13-18)16-7-4-3-5-8-16/h3-15H,2H2,1H3,(H,23,26). The van der Waals surface area contributed by atoms with E-state index in [2.05, 4.69) is 41.7 Å². The normalized spacial score (nSPS) is 10.8. The van der Waals surface area contributed by atoms with Gasteiger partial charge in [0.15, 0.2) is 5.65 Å². The van der Waals surface area contributed by atoms with Crippen LogP contribution in [0, 0.1) is 0 Å². The van der Waals surface area contributed by atoms with Crippen LogP contribution in [0.5, 0.6) is 0 Å². The minimum atomic E-state index is -0.0186. The van der Waals surface area contributed by atoms with Crippen molar-refractivity contribution in [1.29, 1.82) is 0 Å². The number of aromatic nitrogens is 2. The van der Waals surface area contributed by atoms with Gasteiger partial charge >= 0.3 is 0 Å². The number of benzene rings is 2. The summed E-state index contributed by atoms with van der Waals surface area (Å²) in [7, 11) is 0. The number of nitrogens with one attached hydrogen (secondary N) is 1. The molecule has 0 aliphatic heterocycles. The molecule has 0 unspecified atom stereocenters. The van der Waals surface area contributed by atoms with Crippen LogP contribution < -0.4 is 5.32 Å². The van der Waals surface area contributed by atoms with E-state index in [4.69, 9.17) is 4.98 Å². The van der Waals surface area contributed by atoms with E-state index in [-0.39, 0.29) is 5.91 Å². The quantitative estimate of drug-likeness (QED) is 0.567. The maximum atomic E-state index is 11.7. The second-order valence-corrected chi connectivity index (χ2v) is 6.12. The van der Waals surface area contributed by atoms with Gasteiger partial charge in [0, 0.05) is 24.4 Å². The first kappa shape index (κ1) is 16.1. The number of fused-ring (bicyclic) bond motifs is 1. The molecule has 1 N–H and O–H groups in total. The zero-order chi connectivity index (χ0) is 17.9. The highest BCUT2D eigenvalue weighted by molar-refractivity contribution is 5.94. The van der Waals surface area contributed by atoms with Crippen molar-refractivity contribution in [3.63, 3.8) is 0 Å².